The smallest absolute Gasteiger partial charge is 0.191 e. The molecule has 1 atom stereocenters. The molecule has 168 valence electrons. The molecule has 2 heterocycles. The van der Waals surface area contributed by atoms with Gasteiger partial charge in [-0.05, 0) is 49.8 Å². The molecule has 0 amide bonds. The molecule has 0 bridgehead atoms. The SMILES string of the molecule is CCC1CCCCN1CCNC(=NC)NCc1cccc(COC2CCOCC2)c1. The first-order valence-corrected chi connectivity index (χ1v) is 11.7. The van der Waals surface area contributed by atoms with Crippen molar-refractivity contribution in [2.45, 2.75) is 70.7 Å². The monoisotopic (exact) mass is 416 g/mol. The van der Waals surface area contributed by atoms with Crippen molar-refractivity contribution in [1.29, 1.82) is 0 Å². The number of ether oxygens (including phenoxy) is 2. The third-order valence-electron chi connectivity index (χ3n) is 6.24. The van der Waals surface area contributed by atoms with Crippen LogP contribution in [-0.2, 0) is 22.6 Å². The molecule has 30 heavy (non-hydrogen) atoms. The molecule has 1 unspecified atom stereocenters. The van der Waals surface area contributed by atoms with Gasteiger partial charge in [0.25, 0.3) is 0 Å². The molecular formula is C24H40N4O2. The van der Waals surface area contributed by atoms with E-state index in [0.717, 1.165) is 57.7 Å². The maximum absolute atomic E-state index is 6.06. The third kappa shape index (κ3) is 7.56. The standard InChI is InChI=1S/C24H40N4O2/c1-3-22-9-4-5-13-28(22)14-12-26-24(25-2)27-18-20-7-6-8-21(17-20)19-30-23-10-15-29-16-11-23/h6-8,17,22-23H,3-5,9-16,18-19H2,1-2H3,(H2,25,26,27). The predicted molar refractivity (Wildman–Crippen MR) is 123 cm³/mol. The second-order valence-electron chi connectivity index (χ2n) is 8.39. The van der Waals surface area contributed by atoms with Crippen molar-refractivity contribution in [3.63, 3.8) is 0 Å². The van der Waals surface area contributed by atoms with E-state index in [9.17, 15) is 0 Å². The topological polar surface area (TPSA) is 58.1 Å². The molecule has 0 radical (unpaired) electrons. The second kappa shape index (κ2) is 12.9. The average Bonchev–Trinajstić information content (AvgIpc) is 2.81. The fourth-order valence-electron chi connectivity index (χ4n) is 4.43. The zero-order chi connectivity index (χ0) is 21.0. The van der Waals surface area contributed by atoms with Crippen LogP contribution in [0.2, 0.25) is 0 Å². The first-order chi connectivity index (χ1) is 14.8. The van der Waals surface area contributed by atoms with Crippen molar-refractivity contribution in [2.75, 3.05) is 39.9 Å². The summed E-state index contributed by atoms with van der Waals surface area (Å²) in [4.78, 5) is 7.01. The van der Waals surface area contributed by atoms with Crippen LogP contribution in [-0.4, -0.2) is 62.9 Å². The third-order valence-corrected chi connectivity index (χ3v) is 6.24. The van der Waals surface area contributed by atoms with Gasteiger partial charge in [0.1, 0.15) is 0 Å². The van der Waals surface area contributed by atoms with Crippen molar-refractivity contribution in [1.82, 2.24) is 15.5 Å². The van der Waals surface area contributed by atoms with Gasteiger partial charge in [0.2, 0.25) is 0 Å². The fourth-order valence-corrected chi connectivity index (χ4v) is 4.43. The van der Waals surface area contributed by atoms with E-state index < -0.39 is 0 Å². The van der Waals surface area contributed by atoms with Crippen LogP contribution < -0.4 is 10.6 Å². The van der Waals surface area contributed by atoms with E-state index in [-0.39, 0.29) is 0 Å². The summed E-state index contributed by atoms with van der Waals surface area (Å²) in [5, 5.41) is 6.92. The van der Waals surface area contributed by atoms with Crippen molar-refractivity contribution in [3.05, 3.63) is 35.4 Å². The number of hydrogen-bond donors (Lipinski definition) is 2. The van der Waals surface area contributed by atoms with E-state index in [1.54, 1.807) is 0 Å². The molecule has 2 saturated heterocycles. The zero-order valence-electron chi connectivity index (χ0n) is 18.9. The first-order valence-electron chi connectivity index (χ1n) is 11.7. The number of nitrogens with one attached hydrogen (secondary N) is 2. The largest absolute Gasteiger partial charge is 0.381 e. The van der Waals surface area contributed by atoms with Crippen molar-refractivity contribution in [3.8, 4) is 0 Å². The molecule has 6 nitrogen and oxygen atoms in total. The van der Waals surface area contributed by atoms with Gasteiger partial charge in [0.05, 0.1) is 12.7 Å². The van der Waals surface area contributed by atoms with Crippen molar-refractivity contribution in [2.24, 2.45) is 4.99 Å². The molecule has 1 aromatic rings. The lowest BCUT2D eigenvalue weighted by Crippen LogP contribution is -2.45. The quantitative estimate of drug-likeness (QED) is 0.478. The first kappa shape index (κ1) is 23.0. The van der Waals surface area contributed by atoms with Crippen LogP contribution >= 0.6 is 0 Å². The van der Waals surface area contributed by atoms with Crippen LogP contribution in [0.1, 0.15) is 56.6 Å². The van der Waals surface area contributed by atoms with Gasteiger partial charge in [-0.3, -0.25) is 9.89 Å². The summed E-state index contributed by atoms with van der Waals surface area (Å²) in [5.74, 6) is 0.865. The van der Waals surface area contributed by atoms with Crippen molar-refractivity contribution < 1.29 is 9.47 Å². The Bertz CT molecular complexity index is 646. The van der Waals surface area contributed by atoms with Crippen LogP contribution in [0.15, 0.2) is 29.3 Å². The Morgan fingerprint density at radius 1 is 1.17 bits per heavy atom. The number of likely N-dealkylation sites (tertiary alicyclic amines) is 1. The number of nitrogens with zero attached hydrogens (tertiary/aromatic N) is 2. The molecule has 6 heteroatoms. The molecule has 2 aliphatic rings. The molecule has 3 rings (SSSR count). The number of benzene rings is 1. The normalized spacial score (nSPS) is 21.5. The van der Waals surface area contributed by atoms with Gasteiger partial charge in [-0.15, -0.1) is 0 Å². The van der Waals surface area contributed by atoms with Crippen LogP contribution in [0.25, 0.3) is 0 Å². The van der Waals surface area contributed by atoms with E-state index in [2.05, 4.69) is 51.7 Å². The fraction of sp³-hybridized carbons (Fsp3) is 0.708. The molecule has 0 spiro atoms. The van der Waals surface area contributed by atoms with E-state index in [0.29, 0.717) is 12.7 Å². The van der Waals surface area contributed by atoms with Crippen LogP contribution in [0.4, 0.5) is 0 Å². The van der Waals surface area contributed by atoms with E-state index in [1.165, 1.54) is 43.4 Å². The summed E-state index contributed by atoms with van der Waals surface area (Å²) in [6.45, 7) is 8.60. The summed E-state index contributed by atoms with van der Waals surface area (Å²) in [7, 11) is 1.84. The predicted octanol–water partition coefficient (Wildman–Crippen LogP) is 3.31. The molecule has 0 saturated carbocycles. The Labute approximate surface area is 182 Å². The van der Waals surface area contributed by atoms with Crippen LogP contribution in [0, 0.1) is 0 Å². The maximum atomic E-state index is 6.06. The average molecular weight is 417 g/mol. The van der Waals surface area contributed by atoms with E-state index in [1.807, 2.05) is 7.05 Å². The molecule has 2 fully saturated rings. The lowest BCUT2D eigenvalue weighted by atomic mass is 10.0. The molecule has 2 aliphatic heterocycles. The zero-order valence-corrected chi connectivity index (χ0v) is 18.9. The Balaban J connectivity index is 1.38. The number of guanidine groups is 1. The van der Waals surface area contributed by atoms with Gasteiger partial charge in [0.15, 0.2) is 5.96 Å². The summed E-state index contributed by atoms with van der Waals surface area (Å²) in [5.41, 5.74) is 2.47. The molecule has 0 aromatic heterocycles. The van der Waals surface area contributed by atoms with Gasteiger partial charge in [-0.2, -0.15) is 0 Å². The Morgan fingerprint density at radius 3 is 2.80 bits per heavy atom. The highest BCUT2D eigenvalue weighted by atomic mass is 16.5. The van der Waals surface area contributed by atoms with Gasteiger partial charge >= 0.3 is 0 Å². The Morgan fingerprint density at radius 2 is 2.00 bits per heavy atom. The Hall–Kier alpha value is -1.63. The van der Waals surface area contributed by atoms with Crippen molar-refractivity contribution >= 4 is 5.96 Å². The van der Waals surface area contributed by atoms with Gasteiger partial charge < -0.3 is 20.1 Å². The van der Waals surface area contributed by atoms with Gasteiger partial charge in [-0.25, -0.2) is 0 Å². The lowest BCUT2D eigenvalue weighted by Gasteiger charge is -2.35. The van der Waals surface area contributed by atoms with E-state index >= 15 is 0 Å². The van der Waals surface area contributed by atoms with E-state index in [4.69, 9.17) is 9.47 Å². The molecule has 0 aliphatic carbocycles. The highest BCUT2D eigenvalue weighted by molar-refractivity contribution is 5.79. The van der Waals surface area contributed by atoms with Gasteiger partial charge in [0, 0.05) is 45.9 Å². The summed E-state index contributed by atoms with van der Waals surface area (Å²) in [6.07, 6.45) is 7.64. The van der Waals surface area contributed by atoms with Gasteiger partial charge in [-0.1, -0.05) is 37.6 Å². The summed E-state index contributed by atoms with van der Waals surface area (Å²) in [6, 6.07) is 9.37. The minimum Gasteiger partial charge on any atom is -0.381 e. The van der Waals surface area contributed by atoms with Crippen LogP contribution in [0.5, 0.6) is 0 Å². The molecular weight excluding hydrogens is 376 g/mol. The number of hydrogen-bond acceptors (Lipinski definition) is 4. The summed E-state index contributed by atoms with van der Waals surface area (Å²) >= 11 is 0. The second-order valence-corrected chi connectivity index (χ2v) is 8.39. The molecule has 2 N–H and O–H groups in total. The molecule has 1 aromatic carbocycles. The number of piperidine rings is 1. The maximum Gasteiger partial charge on any atom is 0.191 e. The van der Waals surface area contributed by atoms with Crippen LogP contribution in [0.3, 0.4) is 0 Å². The number of aliphatic imine (C=N–C) groups is 1. The lowest BCUT2D eigenvalue weighted by molar-refractivity contribution is -0.0390. The minimum atomic E-state index is 0.329. The highest BCUT2D eigenvalue weighted by Crippen LogP contribution is 2.18. The minimum absolute atomic E-state index is 0.329. The highest BCUT2D eigenvalue weighted by Gasteiger charge is 2.20. The summed E-state index contributed by atoms with van der Waals surface area (Å²) < 4.78 is 11.5. The number of rotatable bonds is 9. The Kier molecular flexibility index (Phi) is 9.93.